The Hall–Kier alpha value is -1.00. The number of hydrogen-bond acceptors (Lipinski definition) is 4. The molecule has 0 radical (unpaired) electrons. The SMILES string of the molecule is CC(C)(C)OC(=O)c1ccc(SC(C)(C)CN)cc1. The Kier molecular flexibility index (Phi) is 5.04. The third-order valence-corrected chi connectivity index (χ3v) is 3.60. The van der Waals surface area contributed by atoms with Crippen LogP contribution in [0.25, 0.3) is 0 Å². The normalized spacial score (nSPS) is 12.3. The van der Waals surface area contributed by atoms with E-state index >= 15 is 0 Å². The summed E-state index contributed by atoms with van der Waals surface area (Å²) in [5.74, 6) is -0.290. The molecule has 4 heteroatoms. The first-order chi connectivity index (χ1) is 8.63. The van der Waals surface area contributed by atoms with Crippen LogP contribution in [0.5, 0.6) is 0 Å². The summed E-state index contributed by atoms with van der Waals surface area (Å²) in [7, 11) is 0. The average molecular weight is 281 g/mol. The molecule has 0 heterocycles. The number of thioether (sulfide) groups is 1. The summed E-state index contributed by atoms with van der Waals surface area (Å²) in [6.45, 7) is 10.4. The lowest BCUT2D eigenvalue weighted by Crippen LogP contribution is -2.26. The maximum atomic E-state index is 11.9. The Balaban J connectivity index is 2.74. The lowest BCUT2D eigenvalue weighted by atomic mass is 10.2. The second-order valence-corrected chi connectivity index (χ2v) is 7.87. The highest BCUT2D eigenvalue weighted by molar-refractivity contribution is 8.00. The van der Waals surface area contributed by atoms with Gasteiger partial charge in [-0.05, 0) is 58.9 Å². The molecule has 0 saturated carbocycles. The van der Waals surface area contributed by atoms with Crippen LogP contribution < -0.4 is 5.73 Å². The molecule has 0 spiro atoms. The maximum absolute atomic E-state index is 11.9. The molecule has 0 aliphatic rings. The van der Waals surface area contributed by atoms with E-state index in [1.165, 1.54) is 0 Å². The van der Waals surface area contributed by atoms with Gasteiger partial charge in [0.2, 0.25) is 0 Å². The second-order valence-electron chi connectivity index (χ2n) is 6.09. The Bertz CT molecular complexity index is 432. The van der Waals surface area contributed by atoms with Gasteiger partial charge in [0, 0.05) is 16.2 Å². The number of esters is 1. The fourth-order valence-electron chi connectivity index (χ4n) is 1.36. The summed E-state index contributed by atoms with van der Waals surface area (Å²) < 4.78 is 5.31. The van der Waals surface area contributed by atoms with E-state index in [2.05, 4.69) is 13.8 Å². The molecule has 1 aromatic rings. The van der Waals surface area contributed by atoms with E-state index in [-0.39, 0.29) is 10.7 Å². The minimum absolute atomic E-state index is 0.00651. The Morgan fingerprint density at radius 1 is 1.16 bits per heavy atom. The maximum Gasteiger partial charge on any atom is 0.338 e. The molecule has 3 nitrogen and oxygen atoms in total. The molecule has 0 unspecified atom stereocenters. The van der Waals surface area contributed by atoms with Gasteiger partial charge in [0.05, 0.1) is 5.56 Å². The minimum Gasteiger partial charge on any atom is -0.456 e. The quantitative estimate of drug-likeness (QED) is 0.678. The zero-order chi connectivity index (χ0) is 14.7. The number of nitrogens with two attached hydrogens (primary N) is 1. The highest BCUT2D eigenvalue weighted by atomic mass is 32.2. The molecule has 0 aromatic heterocycles. The summed E-state index contributed by atoms with van der Waals surface area (Å²) >= 11 is 1.70. The summed E-state index contributed by atoms with van der Waals surface area (Å²) in [6, 6.07) is 7.45. The molecule has 1 rings (SSSR count). The number of rotatable bonds is 4. The van der Waals surface area contributed by atoms with Crippen LogP contribution >= 0.6 is 11.8 Å². The molecule has 2 N–H and O–H groups in total. The lowest BCUT2D eigenvalue weighted by Gasteiger charge is -2.22. The van der Waals surface area contributed by atoms with Crippen molar-refractivity contribution >= 4 is 17.7 Å². The van der Waals surface area contributed by atoms with Crippen molar-refractivity contribution < 1.29 is 9.53 Å². The third kappa shape index (κ3) is 5.66. The number of benzene rings is 1. The van der Waals surface area contributed by atoms with Gasteiger partial charge in [0.25, 0.3) is 0 Å². The number of hydrogen-bond donors (Lipinski definition) is 1. The Morgan fingerprint density at radius 2 is 1.68 bits per heavy atom. The van der Waals surface area contributed by atoms with Gasteiger partial charge in [0.15, 0.2) is 0 Å². The molecule has 0 bridgehead atoms. The number of ether oxygens (including phenoxy) is 1. The van der Waals surface area contributed by atoms with Gasteiger partial charge in [-0.3, -0.25) is 0 Å². The van der Waals surface area contributed by atoms with E-state index < -0.39 is 5.60 Å². The molecule has 1 aromatic carbocycles. The molecule has 106 valence electrons. The topological polar surface area (TPSA) is 52.3 Å². The van der Waals surface area contributed by atoms with Crippen LogP contribution in [0.15, 0.2) is 29.2 Å². The van der Waals surface area contributed by atoms with Crippen LogP contribution in [0.4, 0.5) is 0 Å². The van der Waals surface area contributed by atoms with Gasteiger partial charge in [-0.25, -0.2) is 4.79 Å². The smallest absolute Gasteiger partial charge is 0.338 e. The molecule has 0 aliphatic heterocycles. The zero-order valence-corrected chi connectivity index (χ0v) is 13.1. The molecule has 0 amide bonds. The van der Waals surface area contributed by atoms with Crippen LogP contribution in [-0.4, -0.2) is 22.9 Å². The van der Waals surface area contributed by atoms with E-state index in [4.69, 9.17) is 10.5 Å². The molecular weight excluding hydrogens is 258 g/mol. The van der Waals surface area contributed by atoms with Crippen LogP contribution in [0, 0.1) is 0 Å². The van der Waals surface area contributed by atoms with Crippen molar-refractivity contribution in [3.63, 3.8) is 0 Å². The number of carbonyl (C=O) groups excluding carboxylic acids is 1. The molecule has 0 aliphatic carbocycles. The molecule has 0 saturated heterocycles. The minimum atomic E-state index is -0.466. The monoisotopic (exact) mass is 281 g/mol. The summed E-state index contributed by atoms with van der Waals surface area (Å²) in [5, 5.41) is 0. The van der Waals surface area contributed by atoms with Crippen molar-refractivity contribution in [1.29, 1.82) is 0 Å². The standard InChI is InChI=1S/C15H23NO2S/c1-14(2,3)18-13(17)11-6-8-12(9-7-11)19-15(4,5)10-16/h6-9H,10,16H2,1-5H3. The van der Waals surface area contributed by atoms with Crippen LogP contribution in [-0.2, 0) is 4.74 Å². The van der Waals surface area contributed by atoms with E-state index in [0.717, 1.165) is 4.90 Å². The molecule has 0 atom stereocenters. The Labute approximate surface area is 119 Å². The van der Waals surface area contributed by atoms with Crippen molar-refractivity contribution in [2.45, 2.75) is 49.9 Å². The third-order valence-electron chi connectivity index (χ3n) is 2.37. The van der Waals surface area contributed by atoms with Crippen molar-refractivity contribution in [2.24, 2.45) is 5.73 Å². The van der Waals surface area contributed by atoms with E-state index in [0.29, 0.717) is 12.1 Å². The lowest BCUT2D eigenvalue weighted by molar-refractivity contribution is 0.00695. The first-order valence-corrected chi connectivity index (χ1v) is 7.17. The van der Waals surface area contributed by atoms with Crippen molar-refractivity contribution in [2.75, 3.05) is 6.54 Å². The largest absolute Gasteiger partial charge is 0.456 e. The van der Waals surface area contributed by atoms with Gasteiger partial charge in [-0.1, -0.05) is 0 Å². The van der Waals surface area contributed by atoms with Gasteiger partial charge in [-0.15, -0.1) is 11.8 Å². The first kappa shape index (κ1) is 16.1. The van der Waals surface area contributed by atoms with Crippen molar-refractivity contribution in [3.05, 3.63) is 29.8 Å². The van der Waals surface area contributed by atoms with Crippen LogP contribution in [0.3, 0.4) is 0 Å². The summed E-state index contributed by atoms with van der Waals surface area (Å²) in [6.07, 6.45) is 0. The predicted molar refractivity (Wildman–Crippen MR) is 80.6 cm³/mol. The van der Waals surface area contributed by atoms with Gasteiger partial charge < -0.3 is 10.5 Å². The van der Waals surface area contributed by atoms with Gasteiger partial charge in [0.1, 0.15) is 5.60 Å². The van der Waals surface area contributed by atoms with Crippen LogP contribution in [0.2, 0.25) is 0 Å². The zero-order valence-electron chi connectivity index (χ0n) is 12.3. The van der Waals surface area contributed by atoms with Gasteiger partial charge >= 0.3 is 5.97 Å². The first-order valence-electron chi connectivity index (χ1n) is 6.35. The summed E-state index contributed by atoms with van der Waals surface area (Å²) in [4.78, 5) is 13.0. The summed E-state index contributed by atoms with van der Waals surface area (Å²) in [5.41, 5.74) is 5.81. The number of carbonyl (C=O) groups is 1. The highest BCUT2D eigenvalue weighted by Gasteiger charge is 2.19. The molecule has 19 heavy (non-hydrogen) atoms. The fraction of sp³-hybridized carbons (Fsp3) is 0.533. The van der Waals surface area contributed by atoms with Crippen molar-refractivity contribution in [3.8, 4) is 0 Å². The van der Waals surface area contributed by atoms with E-state index in [1.54, 1.807) is 23.9 Å². The average Bonchev–Trinajstić information content (AvgIpc) is 2.27. The van der Waals surface area contributed by atoms with Crippen LogP contribution in [0.1, 0.15) is 45.0 Å². The second kappa shape index (κ2) is 5.97. The van der Waals surface area contributed by atoms with Gasteiger partial charge in [-0.2, -0.15) is 0 Å². The molecular formula is C15H23NO2S. The molecule has 0 fully saturated rings. The predicted octanol–water partition coefficient (Wildman–Crippen LogP) is 3.47. The van der Waals surface area contributed by atoms with E-state index in [9.17, 15) is 4.79 Å². The highest BCUT2D eigenvalue weighted by Crippen LogP contribution is 2.31. The van der Waals surface area contributed by atoms with E-state index in [1.807, 2.05) is 32.9 Å². The Morgan fingerprint density at radius 3 is 2.11 bits per heavy atom. The van der Waals surface area contributed by atoms with Crippen molar-refractivity contribution in [1.82, 2.24) is 0 Å². The fourth-order valence-corrected chi connectivity index (χ4v) is 2.35.